The van der Waals surface area contributed by atoms with E-state index in [4.69, 9.17) is 15.2 Å². The van der Waals surface area contributed by atoms with Gasteiger partial charge in [-0.1, -0.05) is 13.0 Å². The van der Waals surface area contributed by atoms with Crippen molar-refractivity contribution in [3.05, 3.63) is 53.6 Å². The van der Waals surface area contributed by atoms with Crippen molar-refractivity contribution in [2.45, 2.75) is 20.3 Å². The smallest absolute Gasteiger partial charge is 0.255 e. The number of hydrogen-bond acceptors (Lipinski definition) is 4. The first kappa shape index (κ1) is 18.3. The van der Waals surface area contributed by atoms with Crippen molar-refractivity contribution in [2.24, 2.45) is 5.73 Å². The lowest BCUT2D eigenvalue weighted by atomic mass is 10.1. The molecule has 0 unspecified atom stereocenters. The van der Waals surface area contributed by atoms with E-state index in [-0.39, 0.29) is 5.91 Å². The van der Waals surface area contributed by atoms with Crippen molar-refractivity contribution >= 4 is 17.5 Å². The fourth-order valence-corrected chi connectivity index (χ4v) is 2.20. The molecule has 0 heterocycles. The molecule has 0 saturated carbocycles. The van der Waals surface area contributed by atoms with Crippen molar-refractivity contribution in [3.8, 4) is 11.5 Å². The van der Waals surface area contributed by atoms with Gasteiger partial charge in [-0.15, -0.1) is 0 Å². The van der Waals surface area contributed by atoms with Gasteiger partial charge in [-0.3, -0.25) is 9.59 Å². The minimum absolute atomic E-state index is 0.315. The summed E-state index contributed by atoms with van der Waals surface area (Å²) in [4.78, 5) is 23.7. The Morgan fingerprint density at radius 2 is 1.80 bits per heavy atom. The highest BCUT2D eigenvalue weighted by Crippen LogP contribution is 2.29. The molecule has 0 aliphatic rings. The van der Waals surface area contributed by atoms with Crippen molar-refractivity contribution in [1.82, 2.24) is 0 Å². The van der Waals surface area contributed by atoms with Crippen LogP contribution < -0.4 is 20.5 Å². The molecule has 2 aromatic carbocycles. The third-order valence-electron chi connectivity index (χ3n) is 3.37. The number of carbonyl (C=O) groups excluding carboxylic acids is 2. The lowest BCUT2D eigenvalue weighted by molar-refractivity contribution is 0.0996. The summed E-state index contributed by atoms with van der Waals surface area (Å²) in [5, 5.41) is 2.74. The van der Waals surface area contributed by atoms with E-state index < -0.39 is 5.91 Å². The highest BCUT2D eigenvalue weighted by Gasteiger charge is 2.12. The van der Waals surface area contributed by atoms with Crippen LogP contribution in [0.15, 0.2) is 42.5 Å². The maximum atomic E-state index is 12.5. The molecule has 6 nitrogen and oxygen atoms in total. The highest BCUT2D eigenvalue weighted by molar-refractivity contribution is 6.05. The zero-order valence-electron chi connectivity index (χ0n) is 14.4. The Morgan fingerprint density at radius 3 is 2.48 bits per heavy atom. The van der Waals surface area contributed by atoms with Crippen LogP contribution in [0.1, 0.15) is 41.0 Å². The number of primary amides is 1. The van der Waals surface area contributed by atoms with E-state index in [2.05, 4.69) is 5.32 Å². The van der Waals surface area contributed by atoms with Gasteiger partial charge in [0.15, 0.2) is 11.5 Å². The number of nitrogens with one attached hydrogen (secondary N) is 1. The SMILES string of the molecule is CCCOc1ccc(C(=O)Nc2cccc(C(N)=O)c2)cc1OCC. The Kier molecular flexibility index (Phi) is 6.39. The summed E-state index contributed by atoms with van der Waals surface area (Å²) in [6.45, 7) is 4.92. The van der Waals surface area contributed by atoms with Gasteiger partial charge in [0.05, 0.1) is 13.2 Å². The van der Waals surface area contributed by atoms with E-state index in [0.717, 1.165) is 6.42 Å². The number of ether oxygens (including phenoxy) is 2. The number of hydrogen-bond donors (Lipinski definition) is 2. The lowest BCUT2D eigenvalue weighted by Gasteiger charge is -2.13. The van der Waals surface area contributed by atoms with Crippen molar-refractivity contribution in [1.29, 1.82) is 0 Å². The summed E-state index contributed by atoms with van der Waals surface area (Å²) in [7, 11) is 0. The topological polar surface area (TPSA) is 90.6 Å². The normalized spacial score (nSPS) is 10.2. The Labute approximate surface area is 146 Å². The van der Waals surface area contributed by atoms with Gasteiger partial charge in [0, 0.05) is 16.8 Å². The molecule has 2 amide bonds. The van der Waals surface area contributed by atoms with Crippen LogP contribution in [0.4, 0.5) is 5.69 Å². The van der Waals surface area contributed by atoms with Crippen LogP contribution in [0.5, 0.6) is 11.5 Å². The molecular formula is C19H22N2O4. The number of amides is 2. The Bertz CT molecular complexity index is 759. The fourth-order valence-electron chi connectivity index (χ4n) is 2.20. The van der Waals surface area contributed by atoms with E-state index in [1.165, 1.54) is 6.07 Å². The number of benzene rings is 2. The van der Waals surface area contributed by atoms with E-state index in [1.54, 1.807) is 36.4 Å². The zero-order chi connectivity index (χ0) is 18.2. The second-order valence-electron chi connectivity index (χ2n) is 5.34. The minimum Gasteiger partial charge on any atom is -0.490 e. The second kappa shape index (κ2) is 8.73. The predicted molar refractivity (Wildman–Crippen MR) is 96.3 cm³/mol. The molecule has 0 spiro atoms. The average molecular weight is 342 g/mol. The van der Waals surface area contributed by atoms with Crippen LogP contribution in [0, 0.1) is 0 Å². The van der Waals surface area contributed by atoms with Gasteiger partial charge in [0.25, 0.3) is 5.91 Å². The first-order valence-corrected chi connectivity index (χ1v) is 8.16. The van der Waals surface area contributed by atoms with Crippen LogP contribution in [-0.2, 0) is 0 Å². The predicted octanol–water partition coefficient (Wildman–Crippen LogP) is 3.23. The van der Waals surface area contributed by atoms with Gasteiger partial charge in [-0.25, -0.2) is 0 Å². The summed E-state index contributed by atoms with van der Waals surface area (Å²) in [6.07, 6.45) is 0.879. The lowest BCUT2D eigenvalue weighted by Crippen LogP contribution is -2.14. The molecule has 6 heteroatoms. The maximum Gasteiger partial charge on any atom is 0.255 e. The van der Waals surface area contributed by atoms with Gasteiger partial charge in [0.2, 0.25) is 5.91 Å². The standard InChI is InChI=1S/C19H22N2O4/c1-3-10-25-16-9-8-14(12-17(16)24-4-2)19(23)21-15-7-5-6-13(11-15)18(20)22/h5-9,11-12H,3-4,10H2,1-2H3,(H2,20,22)(H,21,23). The van der Waals surface area contributed by atoms with Gasteiger partial charge in [0.1, 0.15) is 0 Å². The zero-order valence-corrected chi connectivity index (χ0v) is 14.4. The molecule has 0 radical (unpaired) electrons. The highest BCUT2D eigenvalue weighted by atomic mass is 16.5. The third kappa shape index (κ3) is 4.97. The first-order valence-electron chi connectivity index (χ1n) is 8.16. The molecule has 0 atom stereocenters. The Morgan fingerprint density at radius 1 is 1.00 bits per heavy atom. The van der Waals surface area contributed by atoms with Crippen molar-refractivity contribution in [3.63, 3.8) is 0 Å². The van der Waals surface area contributed by atoms with Crippen molar-refractivity contribution < 1.29 is 19.1 Å². The van der Waals surface area contributed by atoms with E-state index in [1.807, 2.05) is 13.8 Å². The van der Waals surface area contributed by atoms with Crippen LogP contribution in [-0.4, -0.2) is 25.0 Å². The van der Waals surface area contributed by atoms with E-state index in [0.29, 0.717) is 41.5 Å². The van der Waals surface area contributed by atoms with Crippen LogP contribution >= 0.6 is 0 Å². The largest absolute Gasteiger partial charge is 0.490 e. The molecule has 0 bridgehead atoms. The molecule has 0 aromatic heterocycles. The molecule has 2 aromatic rings. The fraction of sp³-hybridized carbons (Fsp3) is 0.263. The molecule has 132 valence electrons. The van der Waals surface area contributed by atoms with E-state index >= 15 is 0 Å². The summed E-state index contributed by atoms with van der Waals surface area (Å²) in [5.74, 6) is 0.266. The molecule has 0 aliphatic carbocycles. The van der Waals surface area contributed by atoms with Gasteiger partial charge >= 0.3 is 0 Å². The van der Waals surface area contributed by atoms with E-state index in [9.17, 15) is 9.59 Å². The van der Waals surface area contributed by atoms with Crippen molar-refractivity contribution in [2.75, 3.05) is 18.5 Å². The minimum atomic E-state index is -0.549. The summed E-state index contributed by atoms with van der Waals surface area (Å²) in [5.41, 5.74) is 6.50. The monoisotopic (exact) mass is 342 g/mol. The Balaban J connectivity index is 2.19. The third-order valence-corrected chi connectivity index (χ3v) is 3.37. The van der Waals surface area contributed by atoms with Gasteiger partial charge in [-0.2, -0.15) is 0 Å². The molecular weight excluding hydrogens is 320 g/mol. The molecule has 2 rings (SSSR count). The number of carbonyl (C=O) groups is 2. The van der Waals surface area contributed by atoms with Crippen LogP contribution in [0.2, 0.25) is 0 Å². The molecule has 0 fully saturated rings. The number of rotatable bonds is 8. The van der Waals surface area contributed by atoms with Gasteiger partial charge in [-0.05, 0) is 49.7 Å². The summed E-state index contributed by atoms with van der Waals surface area (Å²) < 4.78 is 11.2. The van der Waals surface area contributed by atoms with Crippen LogP contribution in [0.25, 0.3) is 0 Å². The molecule has 0 aliphatic heterocycles. The summed E-state index contributed by atoms with van der Waals surface area (Å²) >= 11 is 0. The van der Waals surface area contributed by atoms with Gasteiger partial charge < -0.3 is 20.5 Å². The number of anilines is 1. The Hall–Kier alpha value is -3.02. The average Bonchev–Trinajstić information content (AvgIpc) is 2.61. The quantitative estimate of drug-likeness (QED) is 0.770. The van der Waals surface area contributed by atoms with Crippen LogP contribution in [0.3, 0.4) is 0 Å². The first-order chi connectivity index (χ1) is 12.0. The maximum absolute atomic E-state index is 12.5. The second-order valence-corrected chi connectivity index (χ2v) is 5.34. The molecule has 25 heavy (non-hydrogen) atoms. The summed E-state index contributed by atoms with van der Waals surface area (Å²) in [6, 6.07) is 11.5. The molecule has 3 N–H and O–H groups in total. The number of nitrogens with two attached hydrogens (primary N) is 1. The molecule has 0 saturated heterocycles.